The highest BCUT2D eigenvalue weighted by Crippen LogP contribution is 2.25. The van der Waals surface area contributed by atoms with Crippen LogP contribution in [0.1, 0.15) is 26.3 Å². The lowest BCUT2D eigenvalue weighted by atomic mass is 10.1. The monoisotopic (exact) mass is 264 g/mol. The highest BCUT2D eigenvalue weighted by Gasteiger charge is 2.04. The van der Waals surface area contributed by atoms with Gasteiger partial charge in [-0.2, -0.15) is 0 Å². The summed E-state index contributed by atoms with van der Waals surface area (Å²) in [5, 5.41) is 0. The van der Waals surface area contributed by atoms with Gasteiger partial charge in [-0.05, 0) is 45.0 Å². The molecule has 0 unspecified atom stereocenters. The number of esters is 1. The van der Waals surface area contributed by atoms with Crippen LogP contribution in [0.5, 0.6) is 11.5 Å². The lowest BCUT2D eigenvalue weighted by Gasteiger charge is -2.10. The van der Waals surface area contributed by atoms with Gasteiger partial charge in [-0.25, -0.2) is 4.79 Å². The maximum Gasteiger partial charge on any atom is 0.330 e. The Balaban J connectivity index is 2.93. The van der Waals surface area contributed by atoms with Gasteiger partial charge in [0, 0.05) is 11.6 Å². The molecule has 1 aromatic carbocycles. The summed E-state index contributed by atoms with van der Waals surface area (Å²) in [5.41, 5.74) is 0.792. The topological polar surface area (TPSA) is 44.8 Å². The summed E-state index contributed by atoms with van der Waals surface area (Å²) in [6.45, 7) is 7.12. The van der Waals surface area contributed by atoms with Crippen molar-refractivity contribution in [2.75, 3.05) is 19.8 Å². The van der Waals surface area contributed by atoms with Gasteiger partial charge in [-0.3, -0.25) is 0 Å². The number of benzene rings is 1. The van der Waals surface area contributed by atoms with Gasteiger partial charge < -0.3 is 14.2 Å². The van der Waals surface area contributed by atoms with Gasteiger partial charge in [-0.1, -0.05) is 0 Å². The fourth-order valence-corrected chi connectivity index (χ4v) is 1.55. The van der Waals surface area contributed by atoms with Crippen LogP contribution in [0.4, 0.5) is 0 Å². The Bertz CT molecular complexity index is 438. The smallest absolute Gasteiger partial charge is 0.330 e. The van der Waals surface area contributed by atoms with Gasteiger partial charge in [0.2, 0.25) is 0 Å². The molecular weight excluding hydrogens is 244 g/mol. The van der Waals surface area contributed by atoms with Crippen LogP contribution in [-0.4, -0.2) is 25.8 Å². The van der Waals surface area contributed by atoms with Gasteiger partial charge in [0.1, 0.15) is 11.5 Å². The number of hydrogen-bond acceptors (Lipinski definition) is 4. The van der Waals surface area contributed by atoms with Crippen molar-refractivity contribution in [3.63, 3.8) is 0 Å². The Kier molecular flexibility index (Phi) is 6.50. The first-order chi connectivity index (χ1) is 9.21. The molecule has 0 fully saturated rings. The molecule has 0 saturated heterocycles. The number of rotatable bonds is 7. The zero-order chi connectivity index (χ0) is 14.1. The van der Waals surface area contributed by atoms with E-state index in [1.54, 1.807) is 13.0 Å². The van der Waals surface area contributed by atoms with Crippen LogP contribution in [0.2, 0.25) is 0 Å². The molecular formula is C15H20O4. The third kappa shape index (κ3) is 5.04. The van der Waals surface area contributed by atoms with Crippen LogP contribution in [0, 0.1) is 0 Å². The second-order valence-corrected chi connectivity index (χ2v) is 3.65. The minimum absolute atomic E-state index is 0.362. The zero-order valence-electron chi connectivity index (χ0n) is 11.6. The van der Waals surface area contributed by atoms with Crippen molar-refractivity contribution in [3.8, 4) is 11.5 Å². The summed E-state index contributed by atoms with van der Waals surface area (Å²) in [7, 11) is 0. The van der Waals surface area contributed by atoms with Crippen LogP contribution < -0.4 is 9.47 Å². The van der Waals surface area contributed by atoms with E-state index in [0.29, 0.717) is 25.6 Å². The average Bonchev–Trinajstić information content (AvgIpc) is 2.40. The highest BCUT2D eigenvalue weighted by atomic mass is 16.5. The Hall–Kier alpha value is -1.97. The average molecular weight is 264 g/mol. The van der Waals surface area contributed by atoms with Crippen molar-refractivity contribution in [1.29, 1.82) is 0 Å². The van der Waals surface area contributed by atoms with Crippen LogP contribution in [0.15, 0.2) is 24.3 Å². The van der Waals surface area contributed by atoms with Crippen molar-refractivity contribution in [1.82, 2.24) is 0 Å². The van der Waals surface area contributed by atoms with E-state index in [0.717, 1.165) is 11.3 Å². The summed E-state index contributed by atoms with van der Waals surface area (Å²) in [4.78, 5) is 11.3. The van der Waals surface area contributed by atoms with Gasteiger partial charge in [0.25, 0.3) is 0 Å². The molecule has 0 atom stereocenters. The number of hydrogen-bond donors (Lipinski definition) is 0. The van der Waals surface area contributed by atoms with Gasteiger partial charge in [0.05, 0.1) is 19.8 Å². The molecule has 1 aromatic rings. The quantitative estimate of drug-likeness (QED) is 0.561. The molecule has 1 rings (SSSR count). The largest absolute Gasteiger partial charge is 0.494 e. The second-order valence-electron chi connectivity index (χ2n) is 3.65. The Morgan fingerprint density at radius 1 is 1.11 bits per heavy atom. The van der Waals surface area contributed by atoms with E-state index in [1.807, 2.05) is 32.0 Å². The summed E-state index contributed by atoms with van der Waals surface area (Å²) in [6, 6.07) is 5.51. The van der Waals surface area contributed by atoms with Gasteiger partial charge in [0.15, 0.2) is 0 Å². The Morgan fingerprint density at radius 3 is 2.47 bits per heavy atom. The van der Waals surface area contributed by atoms with Crippen molar-refractivity contribution in [2.45, 2.75) is 20.8 Å². The second kappa shape index (κ2) is 8.19. The first-order valence-electron chi connectivity index (χ1n) is 6.45. The summed E-state index contributed by atoms with van der Waals surface area (Å²) >= 11 is 0. The molecule has 19 heavy (non-hydrogen) atoms. The number of carbonyl (C=O) groups excluding carboxylic acids is 1. The first kappa shape index (κ1) is 15.1. The van der Waals surface area contributed by atoms with Crippen molar-refractivity contribution < 1.29 is 19.0 Å². The molecule has 0 amide bonds. The van der Waals surface area contributed by atoms with Gasteiger partial charge in [-0.15, -0.1) is 0 Å². The van der Waals surface area contributed by atoms with E-state index < -0.39 is 0 Å². The van der Waals surface area contributed by atoms with Crippen LogP contribution in [-0.2, 0) is 9.53 Å². The lowest BCUT2D eigenvalue weighted by molar-refractivity contribution is -0.137. The third-order valence-corrected chi connectivity index (χ3v) is 2.28. The number of ether oxygens (including phenoxy) is 3. The molecule has 0 aliphatic rings. The van der Waals surface area contributed by atoms with Crippen molar-refractivity contribution in [2.24, 2.45) is 0 Å². The molecule has 0 heterocycles. The molecule has 0 bridgehead atoms. The van der Waals surface area contributed by atoms with E-state index >= 15 is 0 Å². The maximum absolute atomic E-state index is 11.3. The van der Waals surface area contributed by atoms with Crippen molar-refractivity contribution >= 4 is 12.0 Å². The fraction of sp³-hybridized carbons (Fsp3) is 0.400. The molecule has 0 aliphatic heterocycles. The number of carbonyl (C=O) groups is 1. The normalized spacial score (nSPS) is 10.5. The maximum atomic E-state index is 11.3. The predicted molar refractivity (Wildman–Crippen MR) is 74.4 cm³/mol. The lowest BCUT2D eigenvalue weighted by Crippen LogP contribution is -1.99. The summed E-state index contributed by atoms with van der Waals surface area (Å²) in [5.74, 6) is 1.09. The summed E-state index contributed by atoms with van der Waals surface area (Å²) in [6.07, 6.45) is 3.06. The minimum atomic E-state index is -0.369. The molecule has 4 heteroatoms. The molecule has 0 radical (unpaired) electrons. The summed E-state index contributed by atoms with van der Waals surface area (Å²) < 4.78 is 15.8. The van der Waals surface area contributed by atoms with Crippen LogP contribution >= 0.6 is 0 Å². The predicted octanol–water partition coefficient (Wildman–Crippen LogP) is 3.06. The molecule has 0 N–H and O–H groups in total. The van der Waals surface area contributed by atoms with E-state index in [-0.39, 0.29) is 5.97 Å². The van der Waals surface area contributed by atoms with E-state index in [1.165, 1.54) is 6.08 Å². The first-order valence-corrected chi connectivity index (χ1v) is 6.45. The van der Waals surface area contributed by atoms with Gasteiger partial charge >= 0.3 is 5.97 Å². The fourth-order valence-electron chi connectivity index (χ4n) is 1.55. The molecule has 0 spiro atoms. The zero-order valence-corrected chi connectivity index (χ0v) is 11.6. The Labute approximate surface area is 114 Å². The minimum Gasteiger partial charge on any atom is -0.494 e. The van der Waals surface area contributed by atoms with Crippen molar-refractivity contribution in [3.05, 3.63) is 29.8 Å². The standard InChI is InChI=1S/C15H20O4/c1-4-17-13-8-9-14(18-5-2)12(11-13)7-10-15(16)19-6-3/h7-11H,4-6H2,1-3H3/b10-7+. The van der Waals surface area contributed by atoms with Crippen LogP contribution in [0.3, 0.4) is 0 Å². The molecule has 0 aliphatic carbocycles. The molecule has 104 valence electrons. The molecule has 4 nitrogen and oxygen atoms in total. The Morgan fingerprint density at radius 2 is 1.84 bits per heavy atom. The van der Waals surface area contributed by atoms with E-state index in [2.05, 4.69) is 0 Å². The SMILES string of the molecule is CCOC(=O)/C=C/c1cc(OCC)ccc1OCC. The van der Waals surface area contributed by atoms with E-state index in [4.69, 9.17) is 14.2 Å². The molecule has 0 saturated carbocycles. The van der Waals surface area contributed by atoms with E-state index in [9.17, 15) is 4.79 Å². The van der Waals surface area contributed by atoms with Crippen LogP contribution in [0.25, 0.3) is 6.08 Å². The third-order valence-electron chi connectivity index (χ3n) is 2.28. The molecule has 0 aromatic heterocycles. The highest BCUT2D eigenvalue weighted by molar-refractivity contribution is 5.87.